The summed E-state index contributed by atoms with van der Waals surface area (Å²) in [5.74, 6) is -2.31. The van der Waals surface area contributed by atoms with Gasteiger partial charge in [0.15, 0.2) is 0 Å². The summed E-state index contributed by atoms with van der Waals surface area (Å²) in [5.41, 5.74) is -0.667. The van der Waals surface area contributed by atoms with Crippen molar-refractivity contribution in [2.75, 3.05) is 19.8 Å². The minimum Gasteiger partial charge on any atom is -0.481 e. The largest absolute Gasteiger partial charge is 0.481 e. The van der Waals surface area contributed by atoms with E-state index < -0.39 is 23.3 Å². The summed E-state index contributed by atoms with van der Waals surface area (Å²) >= 11 is 12.0. The number of aliphatic hydroxyl groups is 3. The molecule has 0 aromatic heterocycles. The zero-order chi connectivity index (χ0) is 27.0. The van der Waals surface area contributed by atoms with Gasteiger partial charge >= 0.3 is 17.9 Å². The first kappa shape index (κ1) is 39.5. The van der Waals surface area contributed by atoms with Gasteiger partial charge in [0, 0.05) is 21.2 Å². The second-order valence-electron chi connectivity index (χ2n) is 7.31. The summed E-state index contributed by atoms with van der Waals surface area (Å²) in [4.78, 5) is 29.8. The van der Waals surface area contributed by atoms with Gasteiger partial charge in [-0.2, -0.15) is 37.9 Å². The van der Waals surface area contributed by atoms with Crippen LogP contribution in [0.2, 0.25) is 0 Å². The molecule has 9 nitrogen and oxygen atoms in total. The molecule has 0 aliphatic heterocycles. The van der Waals surface area contributed by atoms with Crippen molar-refractivity contribution < 1.29 is 45.0 Å². The van der Waals surface area contributed by atoms with Gasteiger partial charge in [-0.25, -0.2) is 0 Å². The zero-order valence-electron chi connectivity index (χ0n) is 20.1. The fraction of sp³-hybridized carbons (Fsp3) is 0.857. The average Bonchev–Trinajstić information content (AvgIpc) is 2.75. The molecule has 0 aliphatic carbocycles. The van der Waals surface area contributed by atoms with Gasteiger partial charge in [-0.1, -0.05) is 27.7 Å². The lowest BCUT2D eigenvalue weighted by Crippen LogP contribution is -2.32. The predicted molar refractivity (Wildman–Crippen MR) is 140 cm³/mol. The minimum atomic E-state index is -0.771. The third-order valence-corrected chi connectivity index (χ3v) is 6.04. The summed E-state index contributed by atoms with van der Waals surface area (Å²) in [6.07, 6.45) is 3.54. The number of carbonyl (C=O) groups is 3. The van der Waals surface area contributed by atoms with Crippen LogP contribution in [0.25, 0.3) is 0 Å². The molecule has 200 valence electrons. The fourth-order valence-corrected chi connectivity index (χ4v) is 1.99. The van der Waals surface area contributed by atoms with E-state index in [1.165, 1.54) is 0 Å². The Morgan fingerprint density at radius 1 is 0.606 bits per heavy atom. The van der Waals surface area contributed by atoms with Gasteiger partial charge in [0.25, 0.3) is 0 Å². The lowest BCUT2D eigenvalue weighted by atomic mass is 9.88. The fourth-order valence-electron chi connectivity index (χ4n) is 1.52. The quantitative estimate of drug-likeness (QED) is 0.160. The molecule has 0 heterocycles. The monoisotopic (exact) mass is 536 g/mol. The molecule has 0 rings (SSSR count). The molecule has 0 radical (unpaired) electrons. The molecule has 0 spiro atoms. The highest BCUT2D eigenvalue weighted by atomic mass is 32.1. The average molecular weight is 537 g/mol. The van der Waals surface area contributed by atoms with Gasteiger partial charge in [0.2, 0.25) is 0 Å². The number of aliphatic hydroxyl groups excluding tert-OH is 3. The Morgan fingerprint density at radius 3 is 0.848 bits per heavy atom. The summed E-state index contributed by atoms with van der Waals surface area (Å²) in [6, 6.07) is 0. The van der Waals surface area contributed by atoms with E-state index in [2.05, 4.69) is 37.9 Å². The highest BCUT2D eigenvalue weighted by molar-refractivity contribution is 7.81. The maximum Gasteiger partial charge on any atom is 0.304 e. The van der Waals surface area contributed by atoms with Crippen LogP contribution in [-0.4, -0.2) is 84.1 Å². The molecule has 0 aromatic rings. The molecule has 0 aliphatic rings. The van der Waals surface area contributed by atoms with Gasteiger partial charge in [0.05, 0.1) is 39.1 Å². The SMILES string of the molecule is CCC(CO)(CO)CO.CCC(S)CC(=O)O.CCC(S)CC(=O)O.CCC(S)CC(=O)O. The first-order valence-corrected chi connectivity index (χ1v) is 12.3. The molecular weight excluding hydrogens is 492 g/mol. The van der Waals surface area contributed by atoms with E-state index in [4.69, 9.17) is 30.6 Å². The van der Waals surface area contributed by atoms with Crippen LogP contribution in [0.3, 0.4) is 0 Å². The molecule has 0 saturated carbocycles. The summed E-state index contributed by atoms with van der Waals surface area (Å²) < 4.78 is 0. The van der Waals surface area contributed by atoms with Crippen molar-refractivity contribution in [1.29, 1.82) is 0 Å². The standard InChI is InChI=1S/C6H14O3.3C5H10O2S/c1-2-6(3-7,4-8)5-9;3*1-2-4(8)3-5(6)7/h7-9H,2-5H2,1H3;3*4,8H,2-3H2,1H3,(H,6,7). The van der Waals surface area contributed by atoms with E-state index >= 15 is 0 Å². The van der Waals surface area contributed by atoms with Gasteiger partial charge in [-0.3, -0.25) is 14.4 Å². The van der Waals surface area contributed by atoms with Crippen LogP contribution in [0.15, 0.2) is 0 Å². The second-order valence-corrected chi connectivity index (χ2v) is 9.50. The van der Waals surface area contributed by atoms with Gasteiger partial charge < -0.3 is 30.6 Å². The molecule has 3 atom stereocenters. The Hall–Kier alpha value is -0.660. The van der Waals surface area contributed by atoms with Crippen LogP contribution in [0.5, 0.6) is 0 Å². The van der Waals surface area contributed by atoms with Gasteiger partial charge in [0.1, 0.15) is 0 Å². The zero-order valence-corrected chi connectivity index (χ0v) is 22.7. The van der Waals surface area contributed by atoms with E-state index in [1.807, 2.05) is 27.7 Å². The molecule has 0 saturated heterocycles. The van der Waals surface area contributed by atoms with Crippen LogP contribution >= 0.6 is 37.9 Å². The number of rotatable bonds is 13. The van der Waals surface area contributed by atoms with E-state index in [-0.39, 0.29) is 54.8 Å². The second kappa shape index (κ2) is 26.0. The number of hydrogen-bond acceptors (Lipinski definition) is 9. The van der Waals surface area contributed by atoms with E-state index in [1.54, 1.807) is 0 Å². The van der Waals surface area contributed by atoms with Crippen molar-refractivity contribution in [3.8, 4) is 0 Å². The number of carboxylic acid groups (broad SMARTS) is 3. The minimum absolute atomic E-state index is 0.0208. The predicted octanol–water partition coefficient (Wildman–Crippen LogP) is 2.87. The van der Waals surface area contributed by atoms with Crippen LogP contribution in [0.1, 0.15) is 72.6 Å². The Balaban J connectivity index is -0.000000170. The number of carboxylic acids is 3. The molecule has 12 heteroatoms. The molecule has 3 unspecified atom stereocenters. The van der Waals surface area contributed by atoms with Crippen molar-refractivity contribution in [1.82, 2.24) is 0 Å². The van der Waals surface area contributed by atoms with E-state index in [0.717, 1.165) is 19.3 Å². The molecule has 0 aromatic carbocycles. The van der Waals surface area contributed by atoms with Crippen molar-refractivity contribution in [3.63, 3.8) is 0 Å². The summed E-state index contributed by atoms with van der Waals surface area (Å²) in [7, 11) is 0. The van der Waals surface area contributed by atoms with Crippen LogP contribution < -0.4 is 0 Å². The molecular formula is C21H44O9S3. The van der Waals surface area contributed by atoms with Crippen LogP contribution in [-0.2, 0) is 14.4 Å². The Bertz CT molecular complexity index is 420. The first-order valence-electron chi connectivity index (χ1n) is 10.8. The van der Waals surface area contributed by atoms with E-state index in [0.29, 0.717) is 6.42 Å². The normalized spacial score (nSPS) is 12.9. The van der Waals surface area contributed by atoms with Crippen molar-refractivity contribution >= 4 is 55.8 Å². The van der Waals surface area contributed by atoms with Crippen molar-refractivity contribution in [3.05, 3.63) is 0 Å². The molecule has 0 bridgehead atoms. The molecule has 0 amide bonds. The van der Waals surface area contributed by atoms with Crippen molar-refractivity contribution in [2.45, 2.75) is 88.4 Å². The molecule has 33 heavy (non-hydrogen) atoms. The third-order valence-electron chi connectivity index (χ3n) is 4.40. The van der Waals surface area contributed by atoms with Crippen LogP contribution in [0.4, 0.5) is 0 Å². The molecule has 6 N–H and O–H groups in total. The van der Waals surface area contributed by atoms with Crippen molar-refractivity contribution in [2.24, 2.45) is 5.41 Å². The summed E-state index contributed by atoms with van der Waals surface area (Å²) in [6.45, 7) is 7.11. The van der Waals surface area contributed by atoms with Gasteiger partial charge in [-0.15, -0.1) is 0 Å². The Kier molecular flexibility index (Phi) is 31.1. The lowest BCUT2D eigenvalue weighted by Gasteiger charge is -2.24. The maximum absolute atomic E-state index is 9.92. The summed E-state index contributed by atoms with van der Waals surface area (Å²) in [5, 5.41) is 50.5. The Morgan fingerprint density at radius 2 is 0.818 bits per heavy atom. The first-order chi connectivity index (χ1) is 15.2. The number of hydrogen-bond donors (Lipinski definition) is 9. The van der Waals surface area contributed by atoms with Crippen LogP contribution in [0, 0.1) is 5.41 Å². The third kappa shape index (κ3) is 31.3. The topological polar surface area (TPSA) is 173 Å². The molecule has 0 fully saturated rings. The lowest BCUT2D eigenvalue weighted by molar-refractivity contribution is -0.138. The highest BCUT2D eigenvalue weighted by Crippen LogP contribution is 2.18. The Labute approximate surface area is 214 Å². The van der Waals surface area contributed by atoms with Gasteiger partial charge in [-0.05, 0) is 25.7 Å². The van der Waals surface area contributed by atoms with E-state index in [9.17, 15) is 14.4 Å². The smallest absolute Gasteiger partial charge is 0.304 e. The maximum atomic E-state index is 9.92. The number of aliphatic carboxylic acids is 3. The highest BCUT2D eigenvalue weighted by Gasteiger charge is 2.24. The number of thiol groups is 3.